The number of hydrogen-bond acceptors (Lipinski definition) is 6. The summed E-state index contributed by atoms with van der Waals surface area (Å²) in [6, 6.07) is 8.71. The molecule has 0 saturated heterocycles. The third kappa shape index (κ3) is 8.99. The Bertz CT molecular complexity index is 1110. The lowest BCUT2D eigenvalue weighted by atomic mass is 10.2. The maximum Gasteiger partial charge on any atom is 0.329 e. The molecule has 0 bridgehead atoms. The molecule has 0 aliphatic rings. The Morgan fingerprint density at radius 3 is 2.46 bits per heavy atom. The highest BCUT2D eigenvalue weighted by Gasteiger charge is 2.16. The van der Waals surface area contributed by atoms with Crippen LogP contribution in [0.1, 0.15) is 38.3 Å². The van der Waals surface area contributed by atoms with Crippen molar-refractivity contribution in [1.82, 2.24) is 10.7 Å². The number of nitrogens with one attached hydrogen (secondary N) is 3. The number of carbonyl (C=O) groups is 3. The summed E-state index contributed by atoms with van der Waals surface area (Å²) >= 11 is 6.86. The molecular formula is C24H28Br2N4O5. The van der Waals surface area contributed by atoms with Gasteiger partial charge in [0.25, 0.3) is 5.91 Å². The molecule has 2 rings (SSSR count). The van der Waals surface area contributed by atoms with Gasteiger partial charge in [-0.1, -0.05) is 22.9 Å². The molecule has 0 heterocycles. The van der Waals surface area contributed by atoms with Gasteiger partial charge in [0.15, 0.2) is 18.1 Å². The lowest BCUT2D eigenvalue weighted by molar-refractivity contribution is -0.139. The molecule has 2 aromatic carbocycles. The fourth-order valence-corrected chi connectivity index (χ4v) is 3.55. The van der Waals surface area contributed by atoms with Crippen molar-refractivity contribution in [2.45, 2.75) is 40.2 Å². The van der Waals surface area contributed by atoms with Crippen molar-refractivity contribution in [3.63, 3.8) is 0 Å². The SMILES string of the molecule is CCOc1cc(/C=N\NC(=O)C(=O)N[C@@H](C)CC)cc(Br)c1OCC(=O)Nc1ccc(Br)c(C)c1. The number of ether oxygens (including phenoxy) is 2. The van der Waals surface area contributed by atoms with Crippen LogP contribution in [0.4, 0.5) is 5.69 Å². The van der Waals surface area contributed by atoms with Gasteiger partial charge in [-0.05, 0) is 84.6 Å². The van der Waals surface area contributed by atoms with Gasteiger partial charge >= 0.3 is 11.8 Å². The van der Waals surface area contributed by atoms with E-state index in [1.165, 1.54) is 6.21 Å². The van der Waals surface area contributed by atoms with Crippen molar-refractivity contribution in [2.24, 2.45) is 5.10 Å². The van der Waals surface area contributed by atoms with Crippen LogP contribution in [0.3, 0.4) is 0 Å². The molecule has 0 unspecified atom stereocenters. The second-order valence-corrected chi connectivity index (χ2v) is 9.25. The molecule has 188 valence electrons. The van der Waals surface area contributed by atoms with Crippen molar-refractivity contribution in [3.8, 4) is 11.5 Å². The number of rotatable bonds is 10. The van der Waals surface area contributed by atoms with Crippen LogP contribution in [-0.2, 0) is 14.4 Å². The minimum Gasteiger partial charge on any atom is -0.490 e. The van der Waals surface area contributed by atoms with E-state index in [2.05, 4.69) is 53.0 Å². The molecule has 3 N–H and O–H groups in total. The van der Waals surface area contributed by atoms with Gasteiger partial charge < -0.3 is 20.1 Å². The second-order valence-electron chi connectivity index (χ2n) is 7.55. The first kappa shape index (κ1) is 28.3. The summed E-state index contributed by atoms with van der Waals surface area (Å²) in [6.45, 7) is 7.58. The molecular weight excluding hydrogens is 584 g/mol. The molecule has 35 heavy (non-hydrogen) atoms. The first-order valence-corrected chi connectivity index (χ1v) is 12.5. The van der Waals surface area contributed by atoms with Gasteiger partial charge in [-0.3, -0.25) is 14.4 Å². The number of halogens is 2. The highest BCUT2D eigenvalue weighted by molar-refractivity contribution is 9.10. The van der Waals surface area contributed by atoms with Crippen LogP contribution in [0.2, 0.25) is 0 Å². The van der Waals surface area contributed by atoms with Crippen LogP contribution in [0.5, 0.6) is 11.5 Å². The normalized spacial score (nSPS) is 11.6. The number of anilines is 1. The maximum atomic E-state index is 12.4. The topological polar surface area (TPSA) is 118 Å². The van der Waals surface area contributed by atoms with E-state index in [4.69, 9.17) is 9.47 Å². The summed E-state index contributed by atoms with van der Waals surface area (Å²) in [5.41, 5.74) is 4.42. The van der Waals surface area contributed by atoms with Gasteiger partial charge in [-0.25, -0.2) is 5.43 Å². The molecule has 0 spiro atoms. The second kappa shape index (κ2) is 13.8. The Hall–Kier alpha value is -2.92. The number of benzene rings is 2. The first-order chi connectivity index (χ1) is 16.6. The number of aryl methyl sites for hydroxylation is 1. The molecule has 0 aliphatic carbocycles. The summed E-state index contributed by atoms with van der Waals surface area (Å²) in [5.74, 6) is -1.21. The third-order valence-corrected chi connectivity index (χ3v) is 6.18. The van der Waals surface area contributed by atoms with Crippen molar-refractivity contribution >= 4 is 61.5 Å². The molecule has 2 aromatic rings. The largest absolute Gasteiger partial charge is 0.490 e. The highest BCUT2D eigenvalue weighted by Crippen LogP contribution is 2.36. The lowest BCUT2D eigenvalue weighted by Crippen LogP contribution is -2.41. The van der Waals surface area contributed by atoms with Crippen molar-refractivity contribution in [1.29, 1.82) is 0 Å². The Morgan fingerprint density at radius 1 is 1.06 bits per heavy atom. The molecule has 1 atom stereocenters. The quantitative estimate of drug-likeness (QED) is 0.210. The fourth-order valence-electron chi connectivity index (χ4n) is 2.73. The van der Waals surface area contributed by atoms with E-state index in [-0.39, 0.29) is 18.6 Å². The maximum absolute atomic E-state index is 12.4. The molecule has 0 fully saturated rings. The zero-order chi connectivity index (χ0) is 26.0. The molecule has 3 amide bonds. The van der Waals surface area contributed by atoms with Gasteiger partial charge in [0.2, 0.25) is 0 Å². The summed E-state index contributed by atoms with van der Waals surface area (Å²) < 4.78 is 12.9. The number of carbonyl (C=O) groups excluding carboxylic acids is 3. The Kier molecular flexibility index (Phi) is 11.2. The first-order valence-electron chi connectivity index (χ1n) is 10.9. The summed E-state index contributed by atoms with van der Waals surface area (Å²) in [7, 11) is 0. The van der Waals surface area contributed by atoms with E-state index in [0.717, 1.165) is 10.0 Å². The van der Waals surface area contributed by atoms with Gasteiger partial charge in [-0.15, -0.1) is 0 Å². The molecule has 11 heteroatoms. The van der Waals surface area contributed by atoms with Gasteiger partial charge in [0.1, 0.15) is 0 Å². The predicted molar refractivity (Wildman–Crippen MR) is 142 cm³/mol. The monoisotopic (exact) mass is 610 g/mol. The van der Waals surface area contributed by atoms with Gasteiger partial charge in [0, 0.05) is 16.2 Å². The standard InChI is InChI=1S/C24H28Br2N4O5/c1-5-15(4)28-23(32)24(33)30-27-12-16-10-19(26)22(20(11-16)34-6-2)35-13-21(31)29-17-7-8-18(25)14(3)9-17/h7-12,15H,5-6,13H2,1-4H3,(H,28,32)(H,29,31)(H,30,33)/b27-12-/t15-/m0/s1. The molecule has 0 radical (unpaired) electrons. The highest BCUT2D eigenvalue weighted by atomic mass is 79.9. The van der Waals surface area contributed by atoms with E-state index in [1.807, 2.05) is 32.9 Å². The van der Waals surface area contributed by atoms with Crippen LogP contribution < -0.4 is 25.5 Å². The van der Waals surface area contributed by atoms with Crippen LogP contribution in [0.15, 0.2) is 44.4 Å². The van der Waals surface area contributed by atoms with E-state index in [1.54, 1.807) is 25.1 Å². The summed E-state index contributed by atoms with van der Waals surface area (Å²) in [6.07, 6.45) is 2.07. The Morgan fingerprint density at radius 2 is 1.80 bits per heavy atom. The number of hydrogen-bond donors (Lipinski definition) is 3. The van der Waals surface area contributed by atoms with Crippen molar-refractivity contribution in [2.75, 3.05) is 18.5 Å². The third-order valence-electron chi connectivity index (χ3n) is 4.70. The fraction of sp³-hybridized carbons (Fsp3) is 0.333. The predicted octanol–water partition coefficient (Wildman–Crippen LogP) is 4.30. The molecule has 0 aliphatic heterocycles. The summed E-state index contributed by atoms with van der Waals surface area (Å²) in [4.78, 5) is 36.0. The van der Waals surface area contributed by atoms with E-state index >= 15 is 0 Å². The number of amides is 3. The van der Waals surface area contributed by atoms with Crippen LogP contribution >= 0.6 is 31.9 Å². The lowest BCUT2D eigenvalue weighted by Gasteiger charge is -2.15. The van der Waals surface area contributed by atoms with Crippen molar-refractivity contribution in [3.05, 3.63) is 50.4 Å². The molecule has 9 nitrogen and oxygen atoms in total. The zero-order valence-electron chi connectivity index (χ0n) is 19.9. The number of hydrazone groups is 1. The molecule has 0 saturated carbocycles. The van der Waals surface area contributed by atoms with Gasteiger partial charge in [0.05, 0.1) is 17.3 Å². The van der Waals surface area contributed by atoms with E-state index in [0.29, 0.717) is 40.3 Å². The minimum atomic E-state index is -0.863. The van der Waals surface area contributed by atoms with Crippen LogP contribution in [0, 0.1) is 6.92 Å². The van der Waals surface area contributed by atoms with E-state index in [9.17, 15) is 14.4 Å². The van der Waals surface area contributed by atoms with Crippen molar-refractivity contribution < 1.29 is 23.9 Å². The Labute approximate surface area is 221 Å². The number of nitrogens with zero attached hydrogens (tertiary/aromatic N) is 1. The van der Waals surface area contributed by atoms with Gasteiger partial charge in [-0.2, -0.15) is 5.10 Å². The summed E-state index contributed by atoms with van der Waals surface area (Å²) in [5, 5.41) is 9.18. The smallest absolute Gasteiger partial charge is 0.329 e. The Balaban J connectivity index is 2.04. The van der Waals surface area contributed by atoms with Crippen LogP contribution in [0.25, 0.3) is 0 Å². The average Bonchev–Trinajstić information content (AvgIpc) is 2.80. The van der Waals surface area contributed by atoms with E-state index < -0.39 is 11.8 Å². The van der Waals surface area contributed by atoms with Crippen LogP contribution in [-0.4, -0.2) is 43.2 Å². The minimum absolute atomic E-state index is 0.115. The average molecular weight is 612 g/mol. The molecule has 0 aromatic heterocycles. The zero-order valence-corrected chi connectivity index (χ0v) is 23.1.